The SMILES string of the molecule is Cc1cc(OC(=O)[C@@H]2CC(=O)N([C@H](C)c3ccccc3)C2)ccc1N1C(=O)[C@@H]2[C@@H](C)C=CC[C@H]2C1=O. The van der Waals surface area contributed by atoms with Crippen molar-refractivity contribution in [3.8, 4) is 5.75 Å². The van der Waals surface area contributed by atoms with Crippen molar-refractivity contribution >= 4 is 29.4 Å². The molecular formula is C29H30N2O5. The predicted octanol–water partition coefficient (Wildman–Crippen LogP) is 4.21. The second kappa shape index (κ2) is 9.37. The van der Waals surface area contributed by atoms with E-state index < -0.39 is 11.9 Å². The number of hydrogen-bond donors (Lipinski definition) is 0. The Balaban J connectivity index is 1.27. The van der Waals surface area contributed by atoms with Crippen LogP contribution in [0.5, 0.6) is 5.75 Å². The second-order valence-electron chi connectivity index (χ2n) is 10.1. The molecule has 5 rings (SSSR count). The molecule has 2 fully saturated rings. The Kier molecular flexibility index (Phi) is 6.24. The summed E-state index contributed by atoms with van der Waals surface area (Å²) in [5.41, 5.74) is 2.20. The molecule has 0 spiro atoms. The average Bonchev–Trinajstić information content (AvgIpc) is 3.37. The van der Waals surface area contributed by atoms with Gasteiger partial charge in [-0.05, 0) is 55.5 Å². The molecule has 7 heteroatoms. The lowest BCUT2D eigenvalue weighted by molar-refractivity contribution is -0.139. The number of likely N-dealkylation sites (tertiary alicyclic amines) is 1. The molecule has 5 atom stereocenters. The first-order valence-electron chi connectivity index (χ1n) is 12.5. The molecule has 0 saturated carbocycles. The van der Waals surface area contributed by atoms with Crippen molar-refractivity contribution < 1.29 is 23.9 Å². The Morgan fingerprint density at radius 3 is 2.50 bits per heavy atom. The van der Waals surface area contributed by atoms with Gasteiger partial charge in [-0.1, -0.05) is 49.4 Å². The Bertz CT molecular complexity index is 1250. The Labute approximate surface area is 210 Å². The van der Waals surface area contributed by atoms with Crippen LogP contribution in [0.1, 0.15) is 43.9 Å². The number of allylic oxidation sites excluding steroid dienone is 2. The molecule has 0 N–H and O–H groups in total. The van der Waals surface area contributed by atoms with Gasteiger partial charge in [-0.3, -0.25) is 19.2 Å². The number of amides is 3. The molecule has 2 saturated heterocycles. The molecule has 1 aliphatic carbocycles. The van der Waals surface area contributed by atoms with Gasteiger partial charge in [0.1, 0.15) is 5.75 Å². The van der Waals surface area contributed by atoms with Crippen molar-refractivity contribution in [1.82, 2.24) is 4.90 Å². The van der Waals surface area contributed by atoms with Crippen LogP contribution in [0.15, 0.2) is 60.7 Å². The largest absolute Gasteiger partial charge is 0.426 e. The molecule has 7 nitrogen and oxygen atoms in total. The molecule has 2 heterocycles. The number of carbonyl (C=O) groups is 4. The minimum absolute atomic E-state index is 0.0176. The number of fused-ring (bicyclic) bond motifs is 1. The van der Waals surface area contributed by atoms with Crippen molar-refractivity contribution in [2.24, 2.45) is 23.7 Å². The zero-order chi connectivity index (χ0) is 25.6. The summed E-state index contributed by atoms with van der Waals surface area (Å²) in [5, 5.41) is 0. The Morgan fingerprint density at radius 2 is 1.81 bits per heavy atom. The van der Waals surface area contributed by atoms with Gasteiger partial charge in [-0.25, -0.2) is 4.90 Å². The number of rotatable bonds is 5. The number of aryl methyl sites for hydroxylation is 1. The van der Waals surface area contributed by atoms with Crippen LogP contribution in [0.2, 0.25) is 0 Å². The highest BCUT2D eigenvalue weighted by Gasteiger charge is 2.50. The van der Waals surface area contributed by atoms with Gasteiger partial charge in [0.2, 0.25) is 17.7 Å². The van der Waals surface area contributed by atoms with Gasteiger partial charge in [0, 0.05) is 13.0 Å². The van der Waals surface area contributed by atoms with Crippen molar-refractivity contribution in [2.45, 2.75) is 39.7 Å². The summed E-state index contributed by atoms with van der Waals surface area (Å²) in [4.78, 5) is 54.7. The molecule has 0 bridgehead atoms. The lowest BCUT2D eigenvalue weighted by Gasteiger charge is -2.25. The van der Waals surface area contributed by atoms with E-state index in [0.29, 0.717) is 30.0 Å². The van der Waals surface area contributed by atoms with Crippen LogP contribution in [-0.2, 0) is 19.2 Å². The number of imide groups is 1. The number of esters is 1. The van der Waals surface area contributed by atoms with E-state index in [1.54, 1.807) is 30.0 Å². The highest BCUT2D eigenvalue weighted by molar-refractivity contribution is 6.22. The van der Waals surface area contributed by atoms with E-state index >= 15 is 0 Å². The molecule has 186 valence electrons. The van der Waals surface area contributed by atoms with Crippen LogP contribution >= 0.6 is 0 Å². The van der Waals surface area contributed by atoms with Crippen LogP contribution in [0, 0.1) is 30.6 Å². The first kappa shape index (κ1) is 24.0. The number of hydrogen-bond acceptors (Lipinski definition) is 5. The minimum Gasteiger partial charge on any atom is -0.426 e. The highest BCUT2D eigenvalue weighted by Crippen LogP contribution is 2.41. The summed E-state index contributed by atoms with van der Waals surface area (Å²) in [5.74, 6) is -1.75. The fourth-order valence-corrected chi connectivity index (χ4v) is 5.70. The number of benzene rings is 2. The van der Waals surface area contributed by atoms with E-state index in [-0.39, 0.29) is 47.9 Å². The quantitative estimate of drug-likeness (QED) is 0.274. The van der Waals surface area contributed by atoms with E-state index in [4.69, 9.17) is 4.74 Å². The molecule has 36 heavy (non-hydrogen) atoms. The van der Waals surface area contributed by atoms with Crippen molar-refractivity contribution in [3.05, 3.63) is 71.8 Å². The number of carbonyl (C=O) groups excluding carboxylic acids is 4. The number of anilines is 1. The fraction of sp³-hybridized carbons (Fsp3) is 0.379. The monoisotopic (exact) mass is 486 g/mol. The average molecular weight is 487 g/mol. The zero-order valence-corrected chi connectivity index (χ0v) is 20.7. The van der Waals surface area contributed by atoms with Crippen molar-refractivity contribution in [2.75, 3.05) is 11.4 Å². The van der Waals surface area contributed by atoms with Crippen LogP contribution in [0.25, 0.3) is 0 Å². The molecule has 2 aliphatic heterocycles. The second-order valence-corrected chi connectivity index (χ2v) is 10.1. The maximum absolute atomic E-state index is 13.1. The summed E-state index contributed by atoms with van der Waals surface area (Å²) in [7, 11) is 0. The molecule has 0 radical (unpaired) electrons. The van der Waals surface area contributed by atoms with Crippen LogP contribution in [-0.4, -0.2) is 35.1 Å². The third-order valence-corrected chi connectivity index (χ3v) is 7.74. The molecular weight excluding hydrogens is 456 g/mol. The first-order chi connectivity index (χ1) is 17.3. The number of nitrogens with zero attached hydrogens (tertiary/aromatic N) is 2. The normalized spacial score (nSPS) is 26.4. The predicted molar refractivity (Wildman–Crippen MR) is 134 cm³/mol. The van der Waals surface area contributed by atoms with Gasteiger partial charge in [0.05, 0.1) is 29.5 Å². The Hall–Kier alpha value is -3.74. The molecule has 0 unspecified atom stereocenters. The van der Waals surface area contributed by atoms with Gasteiger partial charge in [-0.2, -0.15) is 0 Å². The van der Waals surface area contributed by atoms with Crippen LogP contribution < -0.4 is 9.64 Å². The summed E-state index contributed by atoms with van der Waals surface area (Å²) < 4.78 is 5.63. The van der Waals surface area contributed by atoms with E-state index in [9.17, 15) is 19.2 Å². The first-order valence-corrected chi connectivity index (χ1v) is 12.5. The topological polar surface area (TPSA) is 84.0 Å². The van der Waals surface area contributed by atoms with Crippen LogP contribution in [0.4, 0.5) is 5.69 Å². The maximum Gasteiger partial charge on any atom is 0.316 e. The van der Waals surface area contributed by atoms with Gasteiger partial charge >= 0.3 is 5.97 Å². The van der Waals surface area contributed by atoms with Crippen LogP contribution in [0.3, 0.4) is 0 Å². The summed E-state index contributed by atoms with van der Waals surface area (Å²) in [6, 6.07) is 14.5. The summed E-state index contributed by atoms with van der Waals surface area (Å²) >= 11 is 0. The molecule has 3 aliphatic rings. The highest BCUT2D eigenvalue weighted by atomic mass is 16.5. The van der Waals surface area contributed by atoms with Gasteiger partial charge < -0.3 is 9.64 Å². The summed E-state index contributed by atoms with van der Waals surface area (Å²) in [6.07, 6.45) is 4.66. The summed E-state index contributed by atoms with van der Waals surface area (Å²) in [6.45, 7) is 6.01. The van der Waals surface area contributed by atoms with Gasteiger partial charge in [0.15, 0.2) is 0 Å². The fourth-order valence-electron chi connectivity index (χ4n) is 5.70. The lowest BCUT2D eigenvalue weighted by Crippen LogP contribution is -2.32. The zero-order valence-electron chi connectivity index (χ0n) is 20.7. The maximum atomic E-state index is 13.1. The molecule has 2 aromatic carbocycles. The third-order valence-electron chi connectivity index (χ3n) is 7.74. The van der Waals surface area contributed by atoms with E-state index in [2.05, 4.69) is 0 Å². The smallest absolute Gasteiger partial charge is 0.316 e. The third kappa shape index (κ3) is 4.12. The minimum atomic E-state index is -0.553. The van der Waals surface area contributed by atoms with Crippen molar-refractivity contribution in [1.29, 1.82) is 0 Å². The van der Waals surface area contributed by atoms with E-state index in [1.807, 2.05) is 56.3 Å². The number of ether oxygens (including phenoxy) is 1. The molecule has 2 aromatic rings. The Morgan fingerprint density at radius 1 is 1.06 bits per heavy atom. The lowest BCUT2D eigenvalue weighted by atomic mass is 9.78. The molecule has 3 amide bonds. The van der Waals surface area contributed by atoms with Crippen molar-refractivity contribution in [3.63, 3.8) is 0 Å². The van der Waals surface area contributed by atoms with Gasteiger partial charge in [-0.15, -0.1) is 0 Å². The molecule has 0 aromatic heterocycles. The standard InChI is InChI=1S/C29H30N2O5/c1-17-8-7-11-23-26(17)28(34)31(27(23)33)24-13-12-22(14-18(24)2)36-29(35)21-15-25(32)30(16-21)19(3)20-9-5-4-6-10-20/h4-10,12-14,17,19,21,23,26H,11,15-16H2,1-3H3/t17-,19+,21+,23+,26+/m0/s1. The van der Waals surface area contributed by atoms with E-state index in [1.165, 1.54) is 4.90 Å². The van der Waals surface area contributed by atoms with E-state index in [0.717, 1.165) is 5.56 Å². The van der Waals surface area contributed by atoms with Gasteiger partial charge in [0.25, 0.3) is 0 Å².